The molecule has 20 heterocycles. The van der Waals surface area contributed by atoms with Crippen molar-refractivity contribution in [3.63, 3.8) is 0 Å². The minimum Gasteiger partial charge on any atom is -0.376 e. The number of hydrogen-bond donors (Lipinski definition) is 10. The number of rotatable bonds is 17. The van der Waals surface area contributed by atoms with E-state index in [2.05, 4.69) is 254 Å². The summed E-state index contributed by atoms with van der Waals surface area (Å²) >= 11 is 6.63. The first kappa shape index (κ1) is 81.9. The van der Waals surface area contributed by atoms with Crippen LogP contribution in [0.25, 0.3) is 223 Å². The zero-order valence-electron chi connectivity index (χ0n) is 71.5. The van der Waals surface area contributed by atoms with Gasteiger partial charge < -0.3 is 35.5 Å². The number of imidazole rings is 4. The summed E-state index contributed by atoms with van der Waals surface area (Å²) in [5, 5.41) is 57.7. The van der Waals surface area contributed by atoms with E-state index in [4.69, 9.17) is 19.9 Å². The average molecular weight is 1790 g/mol. The van der Waals surface area contributed by atoms with Crippen molar-refractivity contribution in [1.82, 2.24) is 126 Å². The summed E-state index contributed by atoms with van der Waals surface area (Å²) in [6, 6.07) is 41.5. The van der Waals surface area contributed by atoms with E-state index in [-0.39, 0.29) is 5.91 Å². The molecule has 131 heavy (non-hydrogen) atoms. The highest BCUT2D eigenvalue weighted by atomic mass is 32.1. The monoisotopic (exact) mass is 1790 g/mol. The van der Waals surface area contributed by atoms with E-state index in [9.17, 15) is 4.79 Å². The van der Waals surface area contributed by atoms with E-state index in [1.807, 2.05) is 144 Å². The molecule has 10 N–H and O–H groups in total. The second-order valence-corrected chi connectivity index (χ2v) is 35.7. The summed E-state index contributed by atoms with van der Waals surface area (Å²) in [5.74, 6) is 2.77. The van der Waals surface area contributed by atoms with E-state index < -0.39 is 5.41 Å². The molecule has 0 bridgehead atoms. The molecule has 0 saturated heterocycles. The topological polar surface area (TPSA) is 377 Å². The van der Waals surface area contributed by atoms with Crippen molar-refractivity contribution < 1.29 is 4.79 Å². The lowest BCUT2D eigenvalue weighted by Gasteiger charge is -2.17. The standard InChI is InChI=1S/C27H23N7OS.C25H21N7S.C24H19N7S.C23H16N6S/c1-27(2,3)26(35)30-18-8-17(10-28-11-18)15-4-5-21-19(9-15)24(34-33-21)25-31-22-13-29-12-20(23(22)32-25)16-6-7-36-14-16;1-2-26-9-15-7-18(11-27-10-15)16-3-4-21-19(8-16)24(32-31-21)25-29-22-13-28-12-20(23(22)30-25)17-5-6-33-14-17;1-31(2)17-7-16(9-25-10-17)14-3-4-20-18(8-14)23(30-29-20)24-27-21-12-26-11-19(22(21)28-24)15-5-6-32-13-15;1-13-4-6-24-9-17(13)14-2-3-19-16(8-14)22(29-28-19)23-26-20-11-25-10-18(21(20)27-23)15-5-7-30-12-15/h4-14H,1-3H3,(H,30,35)(H,31,32)(H,33,34);3-8,10-14,26H,2,9H2,1H3,(H,29,30)(H,31,32);3-13H,1-2H3,(H,27,28)(H,29,30);2-12H,1H3,(H,26,27)(H,28,29). The Morgan fingerprint density at radius 1 is 0.359 bits per heavy atom. The third-order valence-corrected chi connectivity index (χ3v) is 25.4. The molecule has 0 aliphatic rings. The van der Waals surface area contributed by atoms with Gasteiger partial charge in [-0.05, 0) is 209 Å². The van der Waals surface area contributed by atoms with Crippen LogP contribution in [0.15, 0.2) is 264 Å². The molecule has 0 unspecified atom stereocenters. The normalized spacial score (nSPS) is 11.6. The number of fused-ring (bicyclic) bond motifs is 8. The van der Waals surface area contributed by atoms with Crippen LogP contribution in [0.1, 0.15) is 38.8 Å². The van der Waals surface area contributed by atoms with Crippen molar-refractivity contribution in [2.45, 2.75) is 41.2 Å². The van der Waals surface area contributed by atoms with Crippen LogP contribution in [0.4, 0.5) is 11.4 Å². The van der Waals surface area contributed by atoms with E-state index in [1.165, 1.54) is 5.56 Å². The average Bonchev–Trinajstić information content (AvgIpc) is 1.63. The summed E-state index contributed by atoms with van der Waals surface area (Å²) in [4.78, 5) is 82.7. The Morgan fingerprint density at radius 3 is 1.09 bits per heavy atom. The van der Waals surface area contributed by atoms with Crippen LogP contribution in [0, 0.1) is 12.3 Å². The minimum absolute atomic E-state index is 0.0600. The third-order valence-electron chi connectivity index (χ3n) is 22.7. The zero-order valence-corrected chi connectivity index (χ0v) is 74.7. The van der Waals surface area contributed by atoms with Gasteiger partial charge in [0, 0.05) is 154 Å². The van der Waals surface area contributed by atoms with Crippen LogP contribution in [-0.2, 0) is 11.3 Å². The first-order valence-corrected chi connectivity index (χ1v) is 45.7. The van der Waals surface area contributed by atoms with E-state index in [1.54, 1.807) is 76.3 Å². The summed E-state index contributed by atoms with van der Waals surface area (Å²) < 4.78 is 0. The molecule has 0 spiro atoms. The number of aryl methyl sites for hydroxylation is 1. The predicted octanol–water partition coefficient (Wildman–Crippen LogP) is 22.6. The Balaban J connectivity index is 0.000000106. The number of anilines is 2. The van der Waals surface area contributed by atoms with Crippen LogP contribution in [-0.4, -0.2) is 147 Å². The zero-order chi connectivity index (χ0) is 88.8. The predicted molar refractivity (Wildman–Crippen MR) is 527 cm³/mol. The lowest BCUT2D eigenvalue weighted by Crippen LogP contribution is -2.27. The fourth-order valence-electron chi connectivity index (χ4n) is 15.8. The largest absolute Gasteiger partial charge is 0.376 e. The summed E-state index contributed by atoms with van der Waals surface area (Å²) in [6.07, 6.45) is 29.3. The Hall–Kier alpha value is -16.1. The van der Waals surface area contributed by atoms with Gasteiger partial charge >= 0.3 is 0 Å². The highest BCUT2D eigenvalue weighted by Crippen LogP contribution is 2.41. The van der Waals surface area contributed by atoms with Gasteiger partial charge in [-0.15, -0.1) is 0 Å². The molecular weight excluding hydrogens is 1710 g/mol. The van der Waals surface area contributed by atoms with Gasteiger partial charge in [-0.25, -0.2) is 19.9 Å². The number of carbonyl (C=O) groups excluding carboxylic acids is 1. The van der Waals surface area contributed by atoms with Crippen LogP contribution in [0.3, 0.4) is 0 Å². The Labute approximate surface area is 762 Å². The van der Waals surface area contributed by atoms with Crippen molar-refractivity contribution in [3.05, 3.63) is 275 Å². The van der Waals surface area contributed by atoms with Crippen molar-refractivity contribution in [3.8, 4) is 135 Å². The number of carbonyl (C=O) groups is 1. The number of hydrogen-bond acceptors (Lipinski definition) is 23. The van der Waals surface area contributed by atoms with Crippen LogP contribution >= 0.6 is 45.3 Å². The fraction of sp³-hybridized carbons (Fsp3) is 0.101. The Morgan fingerprint density at radius 2 is 0.718 bits per heavy atom. The summed E-state index contributed by atoms with van der Waals surface area (Å²) in [5.41, 5.74) is 34.4. The molecule has 4 aromatic carbocycles. The van der Waals surface area contributed by atoms with Crippen molar-refractivity contribution >= 4 is 150 Å². The van der Waals surface area contributed by atoms with Gasteiger partial charge in [0.25, 0.3) is 0 Å². The molecule has 0 radical (unpaired) electrons. The van der Waals surface area contributed by atoms with Gasteiger partial charge in [-0.1, -0.05) is 52.0 Å². The lowest BCUT2D eigenvalue weighted by molar-refractivity contribution is -0.123. The Kier molecular flexibility index (Phi) is 21.8. The lowest BCUT2D eigenvalue weighted by atomic mass is 9.95. The minimum atomic E-state index is -0.494. The van der Waals surface area contributed by atoms with Gasteiger partial charge in [0.15, 0.2) is 23.3 Å². The number of nitrogens with zero attached hydrogens (tertiary/aromatic N) is 17. The maximum Gasteiger partial charge on any atom is 0.229 e. The first-order valence-electron chi connectivity index (χ1n) is 42.0. The number of thiophene rings is 4. The molecule has 0 atom stereocenters. The van der Waals surface area contributed by atoms with Crippen LogP contribution < -0.4 is 15.5 Å². The highest BCUT2D eigenvalue weighted by molar-refractivity contribution is 7.09. The molecule has 0 aliphatic heterocycles. The third kappa shape index (κ3) is 16.4. The number of amides is 1. The quantitative estimate of drug-likeness (QED) is 0.0405. The van der Waals surface area contributed by atoms with Crippen molar-refractivity contribution in [2.24, 2.45) is 5.41 Å². The fourth-order valence-corrected chi connectivity index (χ4v) is 18.4. The number of aromatic amines is 8. The van der Waals surface area contributed by atoms with Gasteiger partial charge in [0.05, 0.1) is 92.7 Å². The molecule has 24 rings (SSSR count). The van der Waals surface area contributed by atoms with Crippen molar-refractivity contribution in [1.29, 1.82) is 0 Å². The van der Waals surface area contributed by atoms with Gasteiger partial charge in [-0.2, -0.15) is 65.7 Å². The molecule has 32 heteroatoms. The SMILES string of the molecule is CC(C)(C)C(=O)Nc1cncc(-c2ccc3[nH]nc(-c4nc5c(-c6ccsc6)cncc5[nH]4)c3c2)c1.CCNCc1cncc(-c2ccc3[nH]nc(-c4nc5c(-c6ccsc6)cncc5[nH]4)c3c2)c1.CN(C)c1cncc(-c2ccc3[nH]nc(-c4nc5c(-c6ccsc6)cncc5[nH]4)c3c2)c1.Cc1ccncc1-c1ccc2[nH]nc(-c3nc4c(-c5ccsc5)cncc4[nH]3)c2c1. The maximum absolute atomic E-state index is 12.4. The summed E-state index contributed by atoms with van der Waals surface area (Å²) in [6.45, 7) is 11.6. The molecule has 0 aliphatic carbocycles. The second kappa shape index (κ2) is 34.9. The molecular formula is C99H79N27OS4. The van der Waals surface area contributed by atoms with E-state index >= 15 is 0 Å². The van der Waals surface area contributed by atoms with Gasteiger partial charge in [0.1, 0.15) is 44.8 Å². The van der Waals surface area contributed by atoms with Crippen LogP contribution in [0.2, 0.25) is 0 Å². The van der Waals surface area contributed by atoms with Crippen LogP contribution in [0.5, 0.6) is 0 Å². The second-order valence-electron chi connectivity index (χ2n) is 32.6. The number of nitrogens with one attached hydrogen (secondary N) is 10. The summed E-state index contributed by atoms with van der Waals surface area (Å²) in [7, 11) is 4.03. The molecule has 0 fully saturated rings. The van der Waals surface area contributed by atoms with E-state index in [0.717, 1.165) is 236 Å². The number of H-pyrrole nitrogens is 8. The number of pyridine rings is 8. The molecule has 28 nitrogen and oxygen atoms in total. The number of aromatic nitrogens is 24. The van der Waals surface area contributed by atoms with E-state index in [0.29, 0.717) is 17.3 Å². The molecule has 1 amide bonds. The molecule has 0 saturated carbocycles. The Bertz CT molecular complexity index is 8290. The molecule has 24 aromatic rings. The molecule has 20 aromatic heterocycles. The van der Waals surface area contributed by atoms with Gasteiger partial charge in [0.2, 0.25) is 5.91 Å². The number of benzene rings is 4. The smallest absolute Gasteiger partial charge is 0.229 e. The van der Waals surface area contributed by atoms with Gasteiger partial charge in [-0.3, -0.25) is 65.1 Å². The first-order chi connectivity index (χ1) is 64.1. The maximum atomic E-state index is 12.4. The molecule has 640 valence electrons. The van der Waals surface area contributed by atoms with Crippen molar-refractivity contribution in [2.75, 3.05) is 30.9 Å². The highest BCUT2D eigenvalue weighted by Gasteiger charge is 2.25.